The second-order valence-corrected chi connectivity index (χ2v) is 7.68. The molecule has 10 nitrogen and oxygen atoms in total. The topological polar surface area (TPSA) is 133 Å². The minimum absolute atomic E-state index is 0.0535. The number of aromatic nitrogens is 2. The number of aromatic amines is 1. The van der Waals surface area contributed by atoms with Crippen LogP contribution < -0.4 is 31.4 Å². The molecule has 0 aliphatic heterocycles. The minimum Gasteiger partial charge on any atom is -0.493 e. The summed E-state index contributed by atoms with van der Waals surface area (Å²) in [5.41, 5.74) is 5.45. The zero-order chi connectivity index (χ0) is 25.4. The monoisotopic (exact) mass is 482 g/mol. The predicted octanol–water partition coefficient (Wildman–Crippen LogP) is 3.17. The van der Waals surface area contributed by atoms with Crippen molar-refractivity contribution in [2.45, 2.75) is 39.8 Å². The maximum atomic E-state index is 13.3. The highest BCUT2D eigenvalue weighted by Gasteiger charge is 2.24. The number of anilines is 2. The molecule has 0 saturated carbocycles. The van der Waals surface area contributed by atoms with Gasteiger partial charge in [-0.1, -0.05) is 19.4 Å². The van der Waals surface area contributed by atoms with Gasteiger partial charge in [-0.25, -0.2) is 4.79 Å². The number of carbonyl (C=O) groups excluding carboxylic acids is 1. The number of methoxy groups -OCH3 is 1. The molecule has 0 bridgehead atoms. The zero-order valence-electron chi connectivity index (χ0n) is 20.1. The van der Waals surface area contributed by atoms with Crippen molar-refractivity contribution in [2.75, 3.05) is 24.4 Å². The first-order valence-electron chi connectivity index (χ1n) is 11.3. The largest absolute Gasteiger partial charge is 0.493 e. The van der Waals surface area contributed by atoms with Gasteiger partial charge in [0.15, 0.2) is 17.2 Å². The summed E-state index contributed by atoms with van der Waals surface area (Å²) in [4.78, 5) is 41.9. The van der Waals surface area contributed by atoms with Crippen molar-refractivity contribution in [3.8, 4) is 11.5 Å². The lowest BCUT2D eigenvalue weighted by atomic mass is 10.2. The quantitative estimate of drug-likeness (QED) is 0.401. The van der Waals surface area contributed by atoms with E-state index in [1.807, 2.05) is 13.8 Å². The van der Waals surface area contributed by atoms with E-state index in [9.17, 15) is 14.4 Å². The Hall–Kier alpha value is -4.21. The number of nitrogens with one attached hydrogen (secondary N) is 1. The number of unbranched alkanes of at least 4 members (excludes halogenated alkanes) is 1. The molecular weight excluding hydrogens is 452 g/mol. The van der Waals surface area contributed by atoms with Gasteiger partial charge in [0.1, 0.15) is 11.6 Å². The van der Waals surface area contributed by atoms with Crippen LogP contribution >= 0.6 is 0 Å². The summed E-state index contributed by atoms with van der Waals surface area (Å²) in [6, 6.07) is 8.62. The SMILES string of the molecule is CCCCn1c(N)c(N(Cc2ccco2)C(=O)/C=C/c2ccc(OCC)c(OC)c2)c(=O)[nH]c1=O. The molecule has 0 fully saturated rings. The molecule has 186 valence electrons. The van der Waals surface area contributed by atoms with E-state index in [4.69, 9.17) is 19.6 Å². The first-order valence-corrected chi connectivity index (χ1v) is 11.3. The van der Waals surface area contributed by atoms with Crippen molar-refractivity contribution in [1.82, 2.24) is 9.55 Å². The maximum absolute atomic E-state index is 13.3. The molecule has 10 heteroatoms. The molecule has 1 amide bonds. The van der Waals surface area contributed by atoms with E-state index in [1.165, 1.54) is 28.9 Å². The molecule has 35 heavy (non-hydrogen) atoms. The highest BCUT2D eigenvalue weighted by molar-refractivity contribution is 6.05. The Morgan fingerprint density at radius 1 is 1.23 bits per heavy atom. The van der Waals surface area contributed by atoms with Crippen LogP contribution in [0.5, 0.6) is 11.5 Å². The van der Waals surface area contributed by atoms with Crippen LogP contribution in [-0.4, -0.2) is 29.2 Å². The Kier molecular flexibility index (Phi) is 8.55. The number of hydrogen-bond acceptors (Lipinski definition) is 7. The lowest BCUT2D eigenvalue weighted by Gasteiger charge is -2.22. The smallest absolute Gasteiger partial charge is 0.330 e. The molecule has 0 unspecified atom stereocenters. The molecule has 0 aliphatic carbocycles. The average Bonchev–Trinajstić information content (AvgIpc) is 3.35. The maximum Gasteiger partial charge on any atom is 0.330 e. The number of amides is 1. The number of nitrogen functional groups attached to an aromatic ring is 1. The van der Waals surface area contributed by atoms with Crippen molar-refractivity contribution >= 4 is 23.5 Å². The van der Waals surface area contributed by atoms with Gasteiger partial charge in [0, 0.05) is 12.6 Å². The first-order chi connectivity index (χ1) is 16.9. The van der Waals surface area contributed by atoms with Crippen LogP contribution in [0.15, 0.2) is 56.7 Å². The number of nitrogens with two attached hydrogens (primary N) is 1. The van der Waals surface area contributed by atoms with Gasteiger partial charge in [-0.15, -0.1) is 0 Å². The van der Waals surface area contributed by atoms with Crippen molar-refractivity contribution in [3.63, 3.8) is 0 Å². The molecule has 2 aromatic heterocycles. The van der Waals surface area contributed by atoms with Gasteiger partial charge in [-0.2, -0.15) is 0 Å². The highest BCUT2D eigenvalue weighted by atomic mass is 16.5. The van der Waals surface area contributed by atoms with Crippen LogP contribution in [0.2, 0.25) is 0 Å². The summed E-state index contributed by atoms with van der Waals surface area (Å²) >= 11 is 0. The third kappa shape index (κ3) is 6.03. The van der Waals surface area contributed by atoms with Crippen molar-refractivity contribution in [2.24, 2.45) is 0 Å². The summed E-state index contributed by atoms with van der Waals surface area (Å²) in [6.45, 7) is 4.60. The summed E-state index contributed by atoms with van der Waals surface area (Å²) in [7, 11) is 1.53. The number of carbonyl (C=O) groups is 1. The Labute approximate surface area is 202 Å². The molecule has 3 N–H and O–H groups in total. The number of ether oxygens (including phenoxy) is 2. The van der Waals surface area contributed by atoms with E-state index in [0.717, 1.165) is 6.42 Å². The fraction of sp³-hybridized carbons (Fsp3) is 0.320. The molecule has 3 aromatic rings. The number of furan rings is 1. The van der Waals surface area contributed by atoms with Gasteiger partial charge < -0.3 is 19.6 Å². The summed E-state index contributed by atoms with van der Waals surface area (Å²) < 4.78 is 17.5. The summed E-state index contributed by atoms with van der Waals surface area (Å²) in [6.07, 6.45) is 5.88. The highest BCUT2D eigenvalue weighted by Crippen LogP contribution is 2.28. The number of rotatable bonds is 11. The molecule has 0 atom stereocenters. The summed E-state index contributed by atoms with van der Waals surface area (Å²) in [5, 5.41) is 0. The Morgan fingerprint density at radius 2 is 2.03 bits per heavy atom. The first kappa shape index (κ1) is 25.4. The van der Waals surface area contributed by atoms with Gasteiger partial charge in [0.05, 0.1) is 26.5 Å². The normalized spacial score (nSPS) is 11.1. The fourth-order valence-electron chi connectivity index (χ4n) is 3.52. The minimum atomic E-state index is -0.753. The van der Waals surface area contributed by atoms with Gasteiger partial charge in [0.25, 0.3) is 11.5 Å². The van der Waals surface area contributed by atoms with Gasteiger partial charge >= 0.3 is 5.69 Å². The molecule has 0 saturated heterocycles. The van der Waals surface area contributed by atoms with E-state index in [-0.39, 0.29) is 18.1 Å². The van der Waals surface area contributed by atoms with Crippen molar-refractivity contribution < 1.29 is 18.7 Å². The van der Waals surface area contributed by atoms with Crippen LogP contribution in [0.25, 0.3) is 6.08 Å². The van der Waals surface area contributed by atoms with Crippen LogP contribution in [0.1, 0.15) is 38.0 Å². The Morgan fingerprint density at radius 3 is 2.69 bits per heavy atom. The molecule has 0 aliphatic rings. The van der Waals surface area contributed by atoms with Gasteiger partial charge in [-0.3, -0.25) is 24.0 Å². The second-order valence-electron chi connectivity index (χ2n) is 7.68. The molecule has 1 aromatic carbocycles. The molecule has 3 rings (SSSR count). The number of hydrogen-bond donors (Lipinski definition) is 2. The van der Waals surface area contributed by atoms with Crippen LogP contribution in [0, 0.1) is 0 Å². The Bertz CT molecular complexity index is 1290. The Balaban J connectivity index is 2.00. The van der Waals surface area contributed by atoms with Crippen LogP contribution in [0.3, 0.4) is 0 Å². The van der Waals surface area contributed by atoms with E-state index >= 15 is 0 Å². The van der Waals surface area contributed by atoms with Gasteiger partial charge in [0.2, 0.25) is 0 Å². The van der Waals surface area contributed by atoms with Gasteiger partial charge in [-0.05, 0) is 49.2 Å². The second kappa shape index (κ2) is 11.8. The number of benzene rings is 1. The van der Waals surface area contributed by atoms with E-state index < -0.39 is 17.2 Å². The number of H-pyrrole nitrogens is 1. The molecule has 2 heterocycles. The molecule has 0 radical (unpaired) electrons. The lowest BCUT2D eigenvalue weighted by molar-refractivity contribution is -0.114. The predicted molar refractivity (Wildman–Crippen MR) is 134 cm³/mol. The molecule has 0 spiro atoms. The van der Waals surface area contributed by atoms with Crippen LogP contribution in [-0.2, 0) is 17.9 Å². The van der Waals surface area contributed by atoms with E-state index in [0.29, 0.717) is 42.4 Å². The third-order valence-corrected chi connectivity index (χ3v) is 5.29. The van der Waals surface area contributed by atoms with Crippen molar-refractivity contribution in [3.05, 3.63) is 74.8 Å². The van der Waals surface area contributed by atoms with Crippen LogP contribution in [0.4, 0.5) is 11.5 Å². The lowest BCUT2D eigenvalue weighted by Crippen LogP contribution is -2.40. The standard InChI is InChI=1S/C25H30N4O6/c1-4-6-13-28-23(26)22(24(31)27-25(28)32)29(16-18-8-7-14-35-18)21(30)12-10-17-9-11-19(34-5-2)20(15-17)33-3/h7-12,14-15H,4-6,13,16,26H2,1-3H3,(H,27,31,32)/b12-10+. The van der Waals surface area contributed by atoms with E-state index in [1.54, 1.807) is 36.4 Å². The molecular formula is C25H30N4O6. The van der Waals surface area contributed by atoms with E-state index in [2.05, 4.69) is 4.98 Å². The summed E-state index contributed by atoms with van der Waals surface area (Å²) in [5.74, 6) is 0.958. The number of nitrogens with zero attached hydrogens (tertiary/aromatic N) is 2. The third-order valence-electron chi connectivity index (χ3n) is 5.29. The zero-order valence-corrected chi connectivity index (χ0v) is 20.1. The average molecular weight is 483 g/mol. The fourth-order valence-corrected chi connectivity index (χ4v) is 3.52. The van der Waals surface area contributed by atoms with Crippen molar-refractivity contribution in [1.29, 1.82) is 0 Å².